The summed E-state index contributed by atoms with van der Waals surface area (Å²) in [7, 11) is 0. The number of rotatable bonds is 3. The number of hydrogen-bond acceptors (Lipinski definition) is 3. The van der Waals surface area contributed by atoms with Crippen molar-refractivity contribution >= 4 is 22.9 Å². The van der Waals surface area contributed by atoms with Crippen molar-refractivity contribution in [3.05, 3.63) is 77.1 Å². The van der Waals surface area contributed by atoms with E-state index in [4.69, 9.17) is 4.74 Å². The lowest BCUT2D eigenvalue weighted by molar-refractivity contribution is -0.139. The summed E-state index contributed by atoms with van der Waals surface area (Å²) >= 11 is 0. The highest BCUT2D eigenvalue weighted by atomic mass is 16.5. The number of benzene rings is 2. The zero-order valence-electron chi connectivity index (χ0n) is 14.3. The molecule has 0 spiro atoms. The van der Waals surface area contributed by atoms with E-state index in [2.05, 4.69) is 53.2 Å². The minimum atomic E-state index is -0.323. The summed E-state index contributed by atoms with van der Waals surface area (Å²) in [4.78, 5) is 12.3. The number of carbonyl (C=O) groups excluding carboxylic acids is 1. The molecule has 0 bridgehead atoms. The van der Waals surface area contributed by atoms with Gasteiger partial charge >= 0.3 is 5.97 Å². The van der Waals surface area contributed by atoms with Crippen molar-refractivity contribution in [2.45, 2.75) is 20.0 Å². The number of aromatic nitrogens is 1. The van der Waals surface area contributed by atoms with E-state index in [1.807, 2.05) is 31.2 Å². The summed E-state index contributed by atoms with van der Waals surface area (Å²) in [6.07, 6.45) is 1.72. The molecule has 1 aromatic heterocycles. The molecule has 3 aromatic rings. The van der Waals surface area contributed by atoms with Gasteiger partial charge in [0.1, 0.15) is 11.9 Å². The van der Waals surface area contributed by atoms with Gasteiger partial charge in [-0.25, -0.2) is 4.79 Å². The van der Waals surface area contributed by atoms with Crippen molar-refractivity contribution in [2.75, 3.05) is 6.61 Å². The monoisotopic (exact) mass is 332 g/mol. The van der Waals surface area contributed by atoms with Crippen molar-refractivity contribution in [2.24, 2.45) is 0 Å². The van der Waals surface area contributed by atoms with Crippen LogP contribution in [0.25, 0.3) is 17.0 Å². The van der Waals surface area contributed by atoms with Crippen LogP contribution in [0.2, 0.25) is 0 Å². The lowest BCUT2D eigenvalue weighted by Crippen LogP contribution is -2.34. The molecule has 0 fully saturated rings. The minimum Gasteiger partial charge on any atom is -0.461 e. The van der Waals surface area contributed by atoms with Gasteiger partial charge in [-0.1, -0.05) is 42.0 Å². The third-order valence-electron chi connectivity index (χ3n) is 4.48. The third kappa shape index (κ3) is 2.70. The van der Waals surface area contributed by atoms with Crippen LogP contribution in [0.3, 0.4) is 0 Å². The highest BCUT2D eigenvalue weighted by Crippen LogP contribution is 2.32. The first-order valence-corrected chi connectivity index (χ1v) is 8.49. The quantitative estimate of drug-likeness (QED) is 0.737. The Bertz CT molecular complexity index is 970. The second kappa shape index (κ2) is 6.13. The molecule has 4 heteroatoms. The first-order chi connectivity index (χ1) is 12.2. The van der Waals surface area contributed by atoms with Gasteiger partial charge in [-0.2, -0.15) is 0 Å². The molecule has 1 atom stereocenters. The van der Waals surface area contributed by atoms with E-state index in [0.717, 1.165) is 16.8 Å². The molecule has 1 aliphatic rings. The molecule has 0 saturated heterocycles. The van der Waals surface area contributed by atoms with Gasteiger partial charge in [-0.3, -0.25) is 0 Å². The highest BCUT2D eigenvalue weighted by Gasteiger charge is 2.27. The number of ether oxygens (including phenoxy) is 1. The van der Waals surface area contributed by atoms with E-state index < -0.39 is 0 Å². The van der Waals surface area contributed by atoms with Gasteiger partial charge in [0.05, 0.1) is 12.1 Å². The summed E-state index contributed by atoms with van der Waals surface area (Å²) in [6.45, 7) is 4.26. The molecule has 2 heterocycles. The lowest BCUT2D eigenvalue weighted by Gasteiger charge is -2.29. The molecule has 2 aromatic carbocycles. The topological polar surface area (TPSA) is 43.3 Å². The number of nitrogens with zero attached hydrogens (tertiary/aromatic N) is 1. The van der Waals surface area contributed by atoms with Crippen LogP contribution in [0.5, 0.6) is 0 Å². The van der Waals surface area contributed by atoms with Gasteiger partial charge < -0.3 is 14.6 Å². The predicted octanol–water partition coefficient (Wildman–Crippen LogP) is 4.00. The molecule has 4 rings (SSSR count). The van der Waals surface area contributed by atoms with Gasteiger partial charge in [-0.05, 0) is 43.7 Å². The Morgan fingerprint density at radius 1 is 1.16 bits per heavy atom. The zero-order valence-corrected chi connectivity index (χ0v) is 14.3. The first kappa shape index (κ1) is 15.5. The average Bonchev–Trinajstić information content (AvgIpc) is 2.99. The van der Waals surface area contributed by atoms with Crippen molar-refractivity contribution < 1.29 is 9.53 Å². The van der Waals surface area contributed by atoms with E-state index in [0.29, 0.717) is 12.3 Å². The maximum Gasteiger partial charge on any atom is 0.354 e. The molecular weight excluding hydrogens is 312 g/mol. The standard InChI is InChI=1S/C21H20N2O2/c1-3-25-21(24)18-13-17-12-16-11-14(2)9-10-19(16)23(17)20(22-18)15-7-5-4-6-8-15/h4-13,20,22H,3H2,1-2H3. The van der Waals surface area contributed by atoms with E-state index >= 15 is 0 Å². The van der Waals surface area contributed by atoms with Crippen LogP contribution < -0.4 is 5.32 Å². The molecular formula is C21H20N2O2. The van der Waals surface area contributed by atoms with Gasteiger partial charge in [0, 0.05) is 11.1 Å². The summed E-state index contributed by atoms with van der Waals surface area (Å²) in [5.41, 5.74) is 4.94. The molecule has 1 unspecified atom stereocenters. The average molecular weight is 332 g/mol. The Morgan fingerprint density at radius 2 is 1.96 bits per heavy atom. The summed E-state index contributed by atoms with van der Waals surface area (Å²) in [5.74, 6) is -0.323. The molecule has 1 aliphatic heterocycles. The third-order valence-corrected chi connectivity index (χ3v) is 4.48. The number of esters is 1. The SMILES string of the molecule is CCOC(=O)C1=Cc2cc3cc(C)ccc3n2C(c2ccccc2)N1. The molecule has 25 heavy (non-hydrogen) atoms. The maximum atomic E-state index is 12.3. The van der Waals surface area contributed by atoms with Crippen molar-refractivity contribution in [1.29, 1.82) is 0 Å². The lowest BCUT2D eigenvalue weighted by atomic mass is 10.1. The Morgan fingerprint density at radius 3 is 2.72 bits per heavy atom. The molecule has 4 nitrogen and oxygen atoms in total. The largest absolute Gasteiger partial charge is 0.461 e. The highest BCUT2D eigenvalue weighted by molar-refractivity contribution is 5.95. The number of carbonyl (C=O) groups is 1. The number of fused-ring (bicyclic) bond motifs is 3. The van der Waals surface area contributed by atoms with E-state index in [1.54, 1.807) is 0 Å². The van der Waals surface area contributed by atoms with Crippen LogP contribution in [0.15, 0.2) is 60.3 Å². The van der Waals surface area contributed by atoms with Crippen LogP contribution in [0.1, 0.15) is 29.9 Å². The molecule has 0 saturated carbocycles. The van der Waals surface area contributed by atoms with Gasteiger partial charge in [0.15, 0.2) is 0 Å². The van der Waals surface area contributed by atoms with Crippen LogP contribution >= 0.6 is 0 Å². The summed E-state index contributed by atoms with van der Waals surface area (Å²) in [6, 6.07) is 18.7. The Labute approximate surface area is 146 Å². The Hall–Kier alpha value is -3.01. The van der Waals surface area contributed by atoms with Crippen LogP contribution in [-0.2, 0) is 9.53 Å². The fourth-order valence-electron chi connectivity index (χ4n) is 3.37. The van der Waals surface area contributed by atoms with Crippen LogP contribution in [0.4, 0.5) is 0 Å². The van der Waals surface area contributed by atoms with Gasteiger partial charge in [0.25, 0.3) is 0 Å². The van der Waals surface area contributed by atoms with Crippen molar-refractivity contribution in [3.63, 3.8) is 0 Å². The predicted molar refractivity (Wildman–Crippen MR) is 99.0 cm³/mol. The van der Waals surface area contributed by atoms with Crippen molar-refractivity contribution in [1.82, 2.24) is 9.88 Å². The number of nitrogens with one attached hydrogen (secondary N) is 1. The second-order valence-corrected chi connectivity index (χ2v) is 6.24. The number of hydrogen-bond donors (Lipinski definition) is 1. The maximum absolute atomic E-state index is 12.3. The molecule has 126 valence electrons. The summed E-state index contributed by atoms with van der Waals surface area (Å²) in [5, 5.41) is 4.52. The fourth-order valence-corrected chi connectivity index (χ4v) is 3.37. The van der Waals surface area contributed by atoms with Crippen LogP contribution in [0, 0.1) is 6.92 Å². The second-order valence-electron chi connectivity index (χ2n) is 6.24. The van der Waals surface area contributed by atoms with Gasteiger partial charge in [0.2, 0.25) is 0 Å². The fraction of sp³-hybridized carbons (Fsp3) is 0.190. The Kier molecular flexibility index (Phi) is 3.80. The smallest absolute Gasteiger partial charge is 0.354 e. The molecule has 0 amide bonds. The number of aryl methyl sites for hydroxylation is 1. The minimum absolute atomic E-state index is 0.152. The van der Waals surface area contributed by atoms with E-state index in [-0.39, 0.29) is 12.1 Å². The first-order valence-electron chi connectivity index (χ1n) is 8.49. The van der Waals surface area contributed by atoms with E-state index in [9.17, 15) is 4.79 Å². The van der Waals surface area contributed by atoms with Crippen LogP contribution in [-0.4, -0.2) is 17.1 Å². The molecule has 0 aliphatic carbocycles. The molecule has 1 N–H and O–H groups in total. The normalized spacial score (nSPS) is 16.1. The molecule has 0 radical (unpaired) electrons. The zero-order chi connectivity index (χ0) is 17.4. The summed E-state index contributed by atoms with van der Waals surface area (Å²) < 4.78 is 7.42. The van der Waals surface area contributed by atoms with Crippen molar-refractivity contribution in [3.8, 4) is 0 Å². The Balaban J connectivity index is 1.91. The van der Waals surface area contributed by atoms with E-state index in [1.165, 1.54) is 10.9 Å². The van der Waals surface area contributed by atoms with Gasteiger partial charge in [-0.15, -0.1) is 0 Å².